The zero-order chi connectivity index (χ0) is 14.5. The van der Waals surface area contributed by atoms with Crippen molar-refractivity contribution in [3.8, 4) is 22.6 Å². The number of halogens is 1. The lowest BCUT2D eigenvalue weighted by atomic mass is 9.98. The van der Waals surface area contributed by atoms with Crippen molar-refractivity contribution in [2.24, 2.45) is 0 Å². The fourth-order valence-corrected chi connectivity index (χ4v) is 2.17. The van der Waals surface area contributed by atoms with Gasteiger partial charge in [-0.3, -0.25) is 0 Å². The summed E-state index contributed by atoms with van der Waals surface area (Å²) in [6.45, 7) is 0.628. The van der Waals surface area contributed by atoms with Gasteiger partial charge >= 0.3 is 0 Å². The highest BCUT2D eigenvalue weighted by molar-refractivity contribution is 5.70. The number of benzene rings is 2. The molecule has 0 atom stereocenters. The Morgan fingerprint density at radius 2 is 1.85 bits per heavy atom. The van der Waals surface area contributed by atoms with Crippen LogP contribution in [0.4, 0.5) is 4.39 Å². The molecule has 0 aliphatic heterocycles. The molecule has 3 nitrogen and oxygen atoms in total. The van der Waals surface area contributed by atoms with Gasteiger partial charge in [0.2, 0.25) is 0 Å². The molecule has 0 saturated heterocycles. The number of methoxy groups -OCH3 is 2. The quantitative estimate of drug-likeness (QED) is 0.908. The van der Waals surface area contributed by atoms with Crippen LogP contribution in [0.1, 0.15) is 5.56 Å². The van der Waals surface area contributed by atoms with Crippen LogP contribution in [0.2, 0.25) is 0 Å². The molecule has 0 aromatic heterocycles. The van der Waals surface area contributed by atoms with Crippen LogP contribution in [-0.2, 0) is 6.54 Å². The molecular formula is C16H18FNO2. The predicted molar refractivity (Wildman–Crippen MR) is 77.7 cm³/mol. The maximum absolute atomic E-state index is 14.4. The molecule has 0 fully saturated rings. The highest BCUT2D eigenvalue weighted by atomic mass is 19.1. The second-order valence-corrected chi connectivity index (χ2v) is 4.38. The first-order valence-corrected chi connectivity index (χ1v) is 6.35. The van der Waals surface area contributed by atoms with Gasteiger partial charge in [0.1, 0.15) is 5.75 Å². The summed E-state index contributed by atoms with van der Waals surface area (Å²) in [5.41, 5.74) is 2.33. The minimum Gasteiger partial charge on any atom is -0.497 e. The van der Waals surface area contributed by atoms with Gasteiger partial charge < -0.3 is 14.8 Å². The molecule has 0 spiro atoms. The second kappa shape index (κ2) is 6.39. The summed E-state index contributed by atoms with van der Waals surface area (Å²) in [5, 5.41) is 3.08. The molecule has 0 radical (unpaired) electrons. The predicted octanol–water partition coefficient (Wildman–Crippen LogP) is 3.23. The largest absolute Gasteiger partial charge is 0.497 e. The Hall–Kier alpha value is -2.07. The Balaban J connectivity index is 2.56. The van der Waals surface area contributed by atoms with Gasteiger partial charge in [0.25, 0.3) is 0 Å². The smallest absolute Gasteiger partial charge is 0.172 e. The van der Waals surface area contributed by atoms with Crippen molar-refractivity contribution in [3.05, 3.63) is 47.8 Å². The van der Waals surface area contributed by atoms with E-state index >= 15 is 0 Å². The Kier molecular flexibility index (Phi) is 4.58. The van der Waals surface area contributed by atoms with E-state index in [4.69, 9.17) is 9.47 Å². The van der Waals surface area contributed by atoms with Gasteiger partial charge in [-0.25, -0.2) is 4.39 Å². The zero-order valence-corrected chi connectivity index (χ0v) is 11.9. The number of ether oxygens (including phenoxy) is 2. The minimum atomic E-state index is -0.350. The van der Waals surface area contributed by atoms with Crippen LogP contribution in [0.3, 0.4) is 0 Å². The van der Waals surface area contributed by atoms with Gasteiger partial charge in [0.15, 0.2) is 11.6 Å². The first kappa shape index (κ1) is 14.3. The lowest BCUT2D eigenvalue weighted by molar-refractivity contribution is 0.387. The summed E-state index contributed by atoms with van der Waals surface area (Å²) in [6.07, 6.45) is 0. The van der Waals surface area contributed by atoms with Crippen molar-refractivity contribution >= 4 is 0 Å². The van der Waals surface area contributed by atoms with Crippen LogP contribution in [-0.4, -0.2) is 21.3 Å². The van der Waals surface area contributed by atoms with Crippen LogP contribution in [0.15, 0.2) is 36.4 Å². The van der Waals surface area contributed by atoms with E-state index in [1.54, 1.807) is 25.3 Å². The molecular weight excluding hydrogens is 257 g/mol. The van der Waals surface area contributed by atoms with Gasteiger partial charge in [-0.05, 0) is 36.4 Å². The van der Waals surface area contributed by atoms with Crippen molar-refractivity contribution in [2.75, 3.05) is 21.3 Å². The average Bonchev–Trinajstić information content (AvgIpc) is 2.48. The van der Waals surface area contributed by atoms with Gasteiger partial charge in [0, 0.05) is 12.1 Å². The summed E-state index contributed by atoms with van der Waals surface area (Å²) in [6, 6.07) is 10.7. The third-order valence-corrected chi connectivity index (χ3v) is 3.15. The molecule has 0 amide bonds. The number of rotatable bonds is 5. The molecule has 2 aromatic rings. The molecule has 2 rings (SSSR count). The summed E-state index contributed by atoms with van der Waals surface area (Å²) in [7, 11) is 4.93. The first-order valence-electron chi connectivity index (χ1n) is 6.35. The number of hydrogen-bond acceptors (Lipinski definition) is 3. The lowest BCUT2D eigenvalue weighted by Crippen LogP contribution is -2.07. The first-order chi connectivity index (χ1) is 9.71. The van der Waals surface area contributed by atoms with E-state index in [1.165, 1.54) is 7.11 Å². The van der Waals surface area contributed by atoms with E-state index in [0.29, 0.717) is 12.1 Å². The molecule has 0 aliphatic rings. The fourth-order valence-electron chi connectivity index (χ4n) is 2.17. The zero-order valence-electron chi connectivity index (χ0n) is 11.9. The minimum absolute atomic E-state index is 0.244. The summed E-state index contributed by atoms with van der Waals surface area (Å²) < 4.78 is 24.6. The van der Waals surface area contributed by atoms with Crippen molar-refractivity contribution in [1.82, 2.24) is 5.32 Å². The number of nitrogens with one attached hydrogen (secondary N) is 1. The summed E-state index contributed by atoms with van der Waals surface area (Å²) in [4.78, 5) is 0. The van der Waals surface area contributed by atoms with Gasteiger partial charge in [-0.15, -0.1) is 0 Å². The normalized spacial score (nSPS) is 10.4. The molecule has 20 heavy (non-hydrogen) atoms. The van der Waals surface area contributed by atoms with Gasteiger partial charge in [-0.1, -0.05) is 18.2 Å². The molecule has 0 aliphatic carbocycles. The maximum atomic E-state index is 14.4. The van der Waals surface area contributed by atoms with Crippen LogP contribution in [0.25, 0.3) is 11.1 Å². The Labute approximate surface area is 118 Å². The van der Waals surface area contributed by atoms with E-state index in [2.05, 4.69) is 5.32 Å². The lowest BCUT2D eigenvalue weighted by Gasteiger charge is -2.13. The van der Waals surface area contributed by atoms with Crippen LogP contribution in [0.5, 0.6) is 11.5 Å². The molecule has 0 unspecified atom stereocenters. The van der Waals surface area contributed by atoms with E-state index in [0.717, 1.165) is 16.9 Å². The van der Waals surface area contributed by atoms with E-state index in [1.807, 2.05) is 25.2 Å². The Bertz CT molecular complexity index is 599. The molecule has 106 valence electrons. The molecule has 0 heterocycles. The monoisotopic (exact) mass is 275 g/mol. The Morgan fingerprint density at radius 1 is 1.05 bits per heavy atom. The van der Waals surface area contributed by atoms with Crippen molar-refractivity contribution in [2.45, 2.75) is 6.54 Å². The van der Waals surface area contributed by atoms with Gasteiger partial charge in [0.05, 0.1) is 14.2 Å². The highest BCUT2D eigenvalue weighted by Crippen LogP contribution is 2.33. The van der Waals surface area contributed by atoms with Crippen LogP contribution >= 0.6 is 0 Å². The van der Waals surface area contributed by atoms with E-state index in [9.17, 15) is 4.39 Å². The van der Waals surface area contributed by atoms with Crippen molar-refractivity contribution in [3.63, 3.8) is 0 Å². The molecule has 1 N–H and O–H groups in total. The Morgan fingerprint density at radius 3 is 2.50 bits per heavy atom. The fraction of sp³-hybridized carbons (Fsp3) is 0.250. The third-order valence-electron chi connectivity index (χ3n) is 3.15. The summed E-state index contributed by atoms with van der Waals surface area (Å²) >= 11 is 0. The second-order valence-electron chi connectivity index (χ2n) is 4.38. The SMILES string of the molecule is CNCc1cc(OC)ccc1-c1cccc(OC)c1F. The number of hydrogen-bond donors (Lipinski definition) is 1. The van der Waals surface area contributed by atoms with Gasteiger partial charge in [-0.2, -0.15) is 0 Å². The maximum Gasteiger partial charge on any atom is 0.172 e. The van der Waals surface area contributed by atoms with E-state index < -0.39 is 0 Å². The molecule has 0 bridgehead atoms. The highest BCUT2D eigenvalue weighted by Gasteiger charge is 2.14. The summed E-state index contributed by atoms with van der Waals surface area (Å²) in [5.74, 6) is 0.647. The van der Waals surface area contributed by atoms with E-state index in [-0.39, 0.29) is 11.6 Å². The third kappa shape index (κ3) is 2.75. The van der Waals surface area contributed by atoms with Crippen molar-refractivity contribution in [1.29, 1.82) is 0 Å². The van der Waals surface area contributed by atoms with Crippen LogP contribution in [0, 0.1) is 5.82 Å². The molecule has 2 aromatic carbocycles. The standard InChI is InChI=1S/C16H18FNO2/c1-18-10-11-9-12(19-2)7-8-13(11)14-5-4-6-15(20-3)16(14)17/h4-9,18H,10H2,1-3H3. The van der Waals surface area contributed by atoms with Crippen molar-refractivity contribution < 1.29 is 13.9 Å². The molecule has 4 heteroatoms. The average molecular weight is 275 g/mol. The molecule has 0 saturated carbocycles. The topological polar surface area (TPSA) is 30.5 Å². The van der Waals surface area contributed by atoms with Crippen LogP contribution < -0.4 is 14.8 Å².